The Labute approximate surface area is 164 Å². The van der Waals surface area contributed by atoms with E-state index in [2.05, 4.69) is 10.6 Å². The van der Waals surface area contributed by atoms with Gasteiger partial charge in [0.25, 0.3) is 5.91 Å². The molecule has 0 saturated heterocycles. The summed E-state index contributed by atoms with van der Waals surface area (Å²) in [6.45, 7) is 0.533. The average Bonchev–Trinajstić information content (AvgIpc) is 2.75. The van der Waals surface area contributed by atoms with Crippen molar-refractivity contribution in [3.8, 4) is 0 Å². The first-order chi connectivity index (χ1) is 13.6. The molecule has 2 amide bonds. The summed E-state index contributed by atoms with van der Waals surface area (Å²) in [4.78, 5) is 24.9. The van der Waals surface area contributed by atoms with Crippen molar-refractivity contribution in [3.63, 3.8) is 0 Å². The molecule has 0 heterocycles. The predicted octanol–water partition coefficient (Wildman–Crippen LogP) is 2.80. The van der Waals surface area contributed by atoms with Crippen molar-refractivity contribution in [2.45, 2.75) is 18.6 Å². The van der Waals surface area contributed by atoms with Gasteiger partial charge in [0, 0.05) is 12.1 Å². The van der Waals surface area contributed by atoms with Gasteiger partial charge in [-0.05, 0) is 23.3 Å². The highest BCUT2D eigenvalue weighted by atomic mass is 16.2. The number of rotatable bonds is 8. The van der Waals surface area contributed by atoms with E-state index in [0.717, 1.165) is 11.1 Å². The molecule has 3 aromatic carbocycles. The molecule has 5 heteroatoms. The van der Waals surface area contributed by atoms with Crippen LogP contribution in [-0.2, 0) is 11.3 Å². The van der Waals surface area contributed by atoms with Crippen LogP contribution in [0.5, 0.6) is 0 Å². The zero-order chi connectivity index (χ0) is 19.8. The number of primary amides is 1. The number of amides is 2. The number of carbonyl (C=O) groups excluding carboxylic acids is 2. The Balaban J connectivity index is 1.84. The number of nitrogens with two attached hydrogens (primary N) is 1. The molecule has 0 saturated carbocycles. The first-order valence-electron chi connectivity index (χ1n) is 9.12. The van der Waals surface area contributed by atoms with Crippen LogP contribution in [0.1, 0.15) is 27.5 Å². The van der Waals surface area contributed by atoms with Crippen molar-refractivity contribution in [2.75, 3.05) is 0 Å². The van der Waals surface area contributed by atoms with Crippen molar-refractivity contribution in [3.05, 3.63) is 108 Å². The summed E-state index contributed by atoms with van der Waals surface area (Å²) in [5.41, 5.74) is 8.09. The van der Waals surface area contributed by atoms with Crippen LogP contribution in [0.15, 0.2) is 91.0 Å². The zero-order valence-electron chi connectivity index (χ0n) is 15.4. The molecule has 0 aliphatic carbocycles. The monoisotopic (exact) mass is 373 g/mol. The molecule has 0 unspecified atom stereocenters. The van der Waals surface area contributed by atoms with Gasteiger partial charge in [-0.2, -0.15) is 0 Å². The maximum Gasteiger partial charge on any atom is 0.251 e. The van der Waals surface area contributed by atoms with Gasteiger partial charge in [0.05, 0.1) is 6.04 Å². The minimum absolute atomic E-state index is 0.341. The molecule has 0 aliphatic heterocycles. The van der Waals surface area contributed by atoms with Crippen LogP contribution >= 0.6 is 0 Å². The number of hydrogen-bond acceptors (Lipinski definition) is 3. The Kier molecular flexibility index (Phi) is 6.54. The molecule has 3 aromatic rings. The largest absolute Gasteiger partial charge is 0.368 e. The van der Waals surface area contributed by atoms with Gasteiger partial charge in [0.2, 0.25) is 5.91 Å². The zero-order valence-corrected chi connectivity index (χ0v) is 15.4. The molecule has 2 atom stereocenters. The third kappa shape index (κ3) is 5.05. The van der Waals surface area contributed by atoms with Gasteiger partial charge in [0.1, 0.15) is 6.04 Å². The SMILES string of the molecule is NC(=O)[C@@H](NC(=O)c1ccccc1)[C@@H](NCc1ccccc1)c1ccccc1. The lowest BCUT2D eigenvalue weighted by Gasteiger charge is -2.27. The van der Waals surface area contributed by atoms with Crippen LogP contribution in [0.3, 0.4) is 0 Å². The molecule has 0 aromatic heterocycles. The van der Waals surface area contributed by atoms with Gasteiger partial charge in [-0.25, -0.2) is 0 Å². The van der Waals surface area contributed by atoms with Gasteiger partial charge in [-0.15, -0.1) is 0 Å². The fraction of sp³-hybridized carbons (Fsp3) is 0.130. The standard InChI is InChI=1S/C23H23N3O2/c24-22(27)21(26-23(28)19-14-8-3-9-15-19)20(18-12-6-2-7-13-18)25-16-17-10-4-1-5-11-17/h1-15,20-21,25H,16H2,(H2,24,27)(H,26,28)/t20-,21-/m0/s1. The third-order valence-corrected chi connectivity index (χ3v) is 4.49. The summed E-state index contributed by atoms with van der Waals surface area (Å²) < 4.78 is 0. The second-order valence-corrected chi connectivity index (χ2v) is 6.47. The summed E-state index contributed by atoms with van der Waals surface area (Å²) in [7, 11) is 0. The smallest absolute Gasteiger partial charge is 0.251 e. The highest BCUT2D eigenvalue weighted by molar-refractivity contribution is 5.97. The summed E-state index contributed by atoms with van der Waals surface area (Å²) >= 11 is 0. The van der Waals surface area contributed by atoms with Crippen molar-refractivity contribution < 1.29 is 9.59 Å². The fourth-order valence-electron chi connectivity index (χ4n) is 3.05. The van der Waals surface area contributed by atoms with Gasteiger partial charge in [-0.3, -0.25) is 9.59 Å². The van der Waals surface area contributed by atoms with Gasteiger partial charge >= 0.3 is 0 Å². The molecule has 0 bridgehead atoms. The Morgan fingerprint density at radius 2 is 1.32 bits per heavy atom. The molecule has 4 N–H and O–H groups in total. The number of carbonyl (C=O) groups is 2. The molecule has 0 fully saturated rings. The van der Waals surface area contributed by atoms with Crippen LogP contribution in [-0.4, -0.2) is 17.9 Å². The molecule has 142 valence electrons. The topological polar surface area (TPSA) is 84.2 Å². The summed E-state index contributed by atoms with van der Waals surface area (Å²) in [5, 5.41) is 6.17. The number of benzene rings is 3. The van der Waals surface area contributed by atoms with Crippen LogP contribution in [0.2, 0.25) is 0 Å². The minimum Gasteiger partial charge on any atom is -0.368 e. The molecule has 0 aliphatic rings. The molecule has 0 spiro atoms. The second kappa shape index (κ2) is 9.48. The molecule has 0 radical (unpaired) electrons. The van der Waals surface area contributed by atoms with E-state index in [-0.39, 0.29) is 5.91 Å². The van der Waals surface area contributed by atoms with Crippen LogP contribution < -0.4 is 16.4 Å². The van der Waals surface area contributed by atoms with Crippen LogP contribution in [0.4, 0.5) is 0 Å². The number of hydrogen-bond donors (Lipinski definition) is 3. The van der Waals surface area contributed by atoms with Crippen molar-refractivity contribution >= 4 is 11.8 Å². The fourth-order valence-corrected chi connectivity index (χ4v) is 3.05. The van der Waals surface area contributed by atoms with E-state index in [1.807, 2.05) is 66.7 Å². The predicted molar refractivity (Wildman–Crippen MR) is 109 cm³/mol. The first-order valence-corrected chi connectivity index (χ1v) is 9.12. The van der Waals surface area contributed by atoms with E-state index in [1.165, 1.54) is 0 Å². The van der Waals surface area contributed by atoms with Crippen molar-refractivity contribution in [2.24, 2.45) is 5.73 Å². The Hall–Kier alpha value is -3.44. The molecular weight excluding hydrogens is 350 g/mol. The summed E-state index contributed by atoms with van der Waals surface area (Å²) in [6.07, 6.45) is 0. The first kappa shape index (κ1) is 19.3. The van der Waals surface area contributed by atoms with Gasteiger partial charge in [-0.1, -0.05) is 78.9 Å². The quantitative estimate of drug-likeness (QED) is 0.568. The highest BCUT2D eigenvalue weighted by Gasteiger charge is 2.29. The second-order valence-electron chi connectivity index (χ2n) is 6.47. The summed E-state index contributed by atoms with van der Waals surface area (Å²) in [5.74, 6) is -0.939. The normalized spacial score (nSPS) is 12.7. The van der Waals surface area contributed by atoms with Crippen LogP contribution in [0.25, 0.3) is 0 Å². The summed E-state index contributed by atoms with van der Waals surface area (Å²) in [6, 6.07) is 26.8. The van der Waals surface area contributed by atoms with E-state index >= 15 is 0 Å². The highest BCUT2D eigenvalue weighted by Crippen LogP contribution is 2.18. The Bertz CT molecular complexity index is 899. The van der Waals surface area contributed by atoms with Crippen LogP contribution in [0, 0.1) is 0 Å². The minimum atomic E-state index is -0.904. The molecule has 28 heavy (non-hydrogen) atoms. The Morgan fingerprint density at radius 1 is 0.786 bits per heavy atom. The maximum absolute atomic E-state index is 12.6. The molecule has 3 rings (SSSR count). The molecule has 5 nitrogen and oxygen atoms in total. The van der Waals surface area contributed by atoms with E-state index in [1.54, 1.807) is 24.3 Å². The van der Waals surface area contributed by atoms with Gasteiger partial charge < -0.3 is 16.4 Å². The lowest BCUT2D eigenvalue weighted by molar-refractivity contribution is -0.120. The third-order valence-electron chi connectivity index (χ3n) is 4.49. The lowest BCUT2D eigenvalue weighted by Crippen LogP contribution is -2.51. The van der Waals surface area contributed by atoms with Crippen molar-refractivity contribution in [1.82, 2.24) is 10.6 Å². The van der Waals surface area contributed by atoms with E-state index in [9.17, 15) is 9.59 Å². The van der Waals surface area contributed by atoms with E-state index in [4.69, 9.17) is 5.73 Å². The Morgan fingerprint density at radius 3 is 1.89 bits per heavy atom. The van der Waals surface area contributed by atoms with E-state index < -0.39 is 18.0 Å². The maximum atomic E-state index is 12.6. The van der Waals surface area contributed by atoms with E-state index in [0.29, 0.717) is 12.1 Å². The molecular formula is C23H23N3O2. The van der Waals surface area contributed by atoms with Gasteiger partial charge in [0.15, 0.2) is 0 Å². The van der Waals surface area contributed by atoms with Crippen molar-refractivity contribution in [1.29, 1.82) is 0 Å². The average molecular weight is 373 g/mol. The number of nitrogens with one attached hydrogen (secondary N) is 2. The lowest BCUT2D eigenvalue weighted by atomic mass is 9.97.